The van der Waals surface area contributed by atoms with Gasteiger partial charge < -0.3 is 11.1 Å². The molecule has 0 aromatic rings. The van der Waals surface area contributed by atoms with Crippen LogP contribution < -0.4 is 11.1 Å². The molecule has 0 aliphatic heterocycles. The highest BCUT2D eigenvalue weighted by molar-refractivity contribution is 5.79. The van der Waals surface area contributed by atoms with Crippen molar-refractivity contribution in [2.24, 2.45) is 23.5 Å². The summed E-state index contributed by atoms with van der Waals surface area (Å²) in [5.74, 6) is -1.20. The molecular formula is C14H25F3N2O. The fourth-order valence-electron chi connectivity index (χ4n) is 2.76. The molecule has 1 unspecified atom stereocenters. The van der Waals surface area contributed by atoms with Gasteiger partial charge in [0, 0.05) is 12.6 Å². The molecule has 3 nitrogen and oxygen atoms in total. The Bertz CT molecular complexity index is 310. The zero-order valence-electron chi connectivity index (χ0n) is 12.2. The van der Waals surface area contributed by atoms with Gasteiger partial charge in [0.15, 0.2) is 0 Å². The predicted octanol–water partition coefficient (Wildman–Crippen LogP) is 2.84. The number of carbonyl (C=O) groups excluding carboxylic acids is 1. The lowest BCUT2D eigenvalue weighted by Gasteiger charge is -2.31. The summed E-state index contributed by atoms with van der Waals surface area (Å²) < 4.78 is 37.7. The summed E-state index contributed by atoms with van der Waals surface area (Å²) in [4.78, 5) is 12.0. The highest BCUT2D eigenvalue weighted by Crippen LogP contribution is 2.37. The van der Waals surface area contributed by atoms with Crippen molar-refractivity contribution in [2.45, 2.75) is 58.2 Å². The van der Waals surface area contributed by atoms with E-state index in [1.807, 2.05) is 13.8 Å². The number of hydrogen-bond acceptors (Lipinski definition) is 2. The van der Waals surface area contributed by atoms with Crippen LogP contribution in [0.5, 0.6) is 0 Å². The summed E-state index contributed by atoms with van der Waals surface area (Å²) in [6.07, 6.45) is -2.39. The Balaban J connectivity index is 2.41. The maximum Gasteiger partial charge on any atom is 0.391 e. The van der Waals surface area contributed by atoms with E-state index in [2.05, 4.69) is 5.32 Å². The van der Waals surface area contributed by atoms with E-state index in [-0.39, 0.29) is 37.3 Å². The Morgan fingerprint density at radius 1 is 1.25 bits per heavy atom. The van der Waals surface area contributed by atoms with E-state index in [9.17, 15) is 18.0 Å². The van der Waals surface area contributed by atoms with Gasteiger partial charge in [-0.25, -0.2) is 0 Å². The average molecular weight is 294 g/mol. The van der Waals surface area contributed by atoms with Crippen LogP contribution in [0.1, 0.15) is 46.0 Å². The number of alkyl halides is 3. The van der Waals surface area contributed by atoms with Crippen LogP contribution in [0, 0.1) is 17.8 Å². The lowest BCUT2D eigenvalue weighted by molar-refractivity contribution is -0.182. The number of carbonyl (C=O) groups is 1. The molecule has 1 aliphatic carbocycles. The summed E-state index contributed by atoms with van der Waals surface area (Å²) in [6.45, 7) is 4.32. The van der Waals surface area contributed by atoms with Crippen molar-refractivity contribution in [3.8, 4) is 0 Å². The molecule has 3 N–H and O–H groups in total. The molecule has 1 amide bonds. The quantitative estimate of drug-likeness (QED) is 0.819. The normalized spacial score (nSPS) is 25.6. The van der Waals surface area contributed by atoms with Crippen LogP contribution in [-0.4, -0.2) is 24.7 Å². The number of nitrogens with two attached hydrogens (primary N) is 1. The fraction of sp³-hybridized carbons (Fsp3) is 0.929. The number of rotatable bonds is 5. The van der Waals surface area contributed by atoms with Gasteiger partial charge >= 0.3 is 6.18 Å². The van der Waals surface area contributed by atoms with Crippen molar-refractivity contribution in [2.75, 3.05) is 6.54 Å². The molecule has 6 heteroatoms. The Morgan fingerprint density at radius 3 is 2.20 bits per heavy atom. The molecule has 0 aromatic carbocycles. The molecular weight excluding hydrogens is 269 g/mol. The Morgan fingerprint density at radius 2 is 1.80 bits per heavy atom. The van der Waals surface area contributed by atoms with Gasteiger partial charge in [-0.05, 0) is 38.0 Å². The van der Waals surface area contributed by atoms with Crippen LogP contribution in [-0.2, 0) is 4.79 Å². The molecule has 0 bridgehead atoms. The van der Waals surface area contributed by atoms with Crippen molar-refractivity contribution in [3.63, 3.8) is 0 Å². The van der Waals surface area contributed by atoms with Gasteiger partial charge in [-0.3, -0.25) is 4.79 Å². The van der Waals surface area contributed by atoms with E-state index in [1.165, 1.54) is 0 Å². The van der Waals surface area contributed by atoms with Crippen LogP contribution in [0.15, 0.2) is 0 Å². The molecule has 1 atom stereocenters. The van der Waals surface area contributed by atoms with Crippen LogP contribution in [0.25, 0.3) is 0 Å². The summed E-state index contributed by atoms with van der Waals surface area (Å²) in [6, 6.07) is -0.137. The first-order chi connectivity index (χ1) is 9.24. The van der Waals surface area contributed by atoms with Gasteiger partial charge in [0.25, 0.3) is 0 Å². The van der Waals surface area contributed by atoms with Gasteiger partial charge in [-0.1, -0.05) is 13.8 Å². The zero-order valence-corrected chi connectivity index (χ0v) is 12.2. The van der Waals surface area contributed by atoms with Gasteiger partial charge in [0.2, 0.25) is 5.91 Å². The molecule has 0 saturated heterocycles. The fourth-order valence-corrected chi connectivity index (χ4v) is 2.76. The summed E-state index contributed by atoms with van der Waals surface area (Å²) >= 11 is 0. The largest absolute Gasteiger partial charge is 0.391 e. The van der Waals surface area contributed by atoms with E-state index in [0.717, 1.165) is 0 Å². The van der Waals surface area contributed by atoms with Gasteiger partial charge in [-0.15, -0.1) is 0 Å². The van der Waals surface area contributed by atoms with Crippen molar-refractivity contribution in [1.29, 1.82) is 0 Å². The number of halogens is 3. The van der Waals surface area contributed by atoms with Crippen molar-refractivity contribution in [1.82, 2.24) is 5.32 Å². The third kappa shape index (κ3) is 5.31. The topological polar surface area (TPSA) is 55.1 Å². The highest BCUT2D eigenvalue weighted by Gasteiger charge is 2.41. The van der Waals surface area contributed by atoms with Crippen molar-refractivity contribution >= 4 is 5.91 Å². The lowest BCUT2D eigenvalue weighted by atomic mass is 9.85. The van der Waals surface area contributed by atoms with E-state index in [4.69, 9.17) is 5.73 Å². The highest BCUT2D eigenvalue weighted by atomic mass is 19.4. The van der Waals surface area contributed by atoms with Crippen LogP contribution in [0.3, 0.4) is 0 Å². The molecule has 20 heavy (non-hydrogen) atoms. The molecule has 1 rings (SSSR count). The molecule has 118 valence electrons. The second-order valence-electron chi connectivity index (χ2n) is 6.16. The first-order valence-electron chi connectivity index (χ1n) is 7.31. The van der Waals surface area contributed by atoms with E-state index in [0.29, 0.717) is 25.2 Å². The first-order valence-corrected chi connectivity index (χ1v) is 7.31. The molecule has 1 saturated carbocycles. The van der Waals surface area contributed by atoms with Crippen molar-refractivity contribution in [3.05, 3.63) is 0 Å². The molecule has 0 spiro atoms. The monoisotopic (exact) mass is 294 g/mol. The summed E-state index contributed by atoms with van der Waals surface area (Å²) in [5, 5.41) is 2.86. The standard InChI is InChI=1S/C14H25F3N2O/c1-9(2)7-10(8-18)13(20)19-12-5-3-11(4-6-12)14(15,16)17/h9-12H,3-8,18H2,1-2H3,(H,19,20). The lowest BCUT2D eigenvalue weighted by Crippen LogP contribution is -2.44. The smallest absolute Gasteiger partial charge is 0.353 e. The molecule has 1 aliphatic rings. The predicted molar refractivity (Wildman–Crippen MR) is 71.9 cm³/mol. The minimum absolute atomic E-state index is 0.103. The number of amides is 1. The minimum Gasteiger partial charge on any atom is -0.353 e. The third-order valence-electron chi connectivity index (χ3n) is 3.95. The molecule has 0 heterocycles. The van der Waals surface area contributed by atoms with Gasteiger partial charge in [-0.2, -0.15) is 13.2 Å². The van der Waals surface area contributed by atoms with Gasteiger partial charge in [0.05, 0.1) is 11.8 Å². The van der Waals surface area contributed by atoms with Crippen LogP contribution in [0.2, 0.25) is 0 Å². The van der Waals surface area contributed by atoms with Crippen LogP contribution in [0.4, 0.5) is 13.2 Å². The third-order valence-corrected chi connectivity index (χ3v) is 3.95. The maximum absolute atomic E-state index is 12.6. The van der Waals surface area contributed by atoms with Crippen molar-refractivity contribution < 1.29 is 18.0 Å². The Kier molecular flexibility index (Phi) is 6.30. The van der Waals surface area contributed by atoms with E-state index < -0.39 is 12.1 Å². The summed E-state index contributed by atoms with van der Waals surface area (Å²) in [7, 11) is 0. The SMILES string of the molecule is CC(C)CC(CN)C(=O)NC1CCC(C(F)(F)F)CC1. The molecule has 1 fully saturated rings. The molecule has 0 aromatic heterocycles. The van der Waals surface area contributed by atoms with Gasteiger partial charge in [0.1, 0.15) is 0 Å². The maximum atomic E-state index is 12.6. The minimum atomic E-state index is -4.10. The average Bonchev–Trinajstić information content (AvgIpc) is 2.35. The Labute approximate surface area is 118 Å². The van der Waals surface area contributed by atoms with Crippen LogP contribution >= 0.6 is 0 Å². The Hall–Kier alpha value is -0.780. The first kappa shape index (κ1) is 17.3. The second kappa shape index (κ2) is 7.29. The number of hydrogen-bond donors (Lipinski definition) is 2. The summed E-state index contributed by atoms with van der Waals surface area (Å²) in [5.41, 5.74) is 5.60. The van der Waals surface area contributed by atoms with E-state index in [1.54, 1.807) is 0 Å². The number of nitrogens with one attached hydrogen (secondary N) is 1. The second-order valence-corrected chi connectivity index (χ2v) is 6.16. The zero-order chi connectivity index (χ0) is 15.3. The van der Waals surface area contributed by atoms with E-state index >= 15 is 0 Å². The molecule has 0 radical (unpaired) electrons.